The molecule has 3 heteroatoms. The summed E-state index contributed by atoms with van der Waals surface area (Å²) >= 11 is 0. The summed E-state index contributed by atoms with van der Waals surface area (Å²) < 4.78 is 0. The molecule has 1 heterocycles. The van der Waals surface area contributed by atoms with E-state index in [0.29, 0.717) is 17.5 Å². The van der Waals surface area contributed by atoms with E-state index in [0.717, 1.165) is 33.9 Å². The number of hydrogen-bond donors (Lipinski definition) is 0. The van der Waals surface area contributed by atoms with Crippen molar-refractivity contribution in [2.45, 2.75) is 37.0 Å². The molecule has 0 saturated heterocycles. The van der Waals surface area contributed by atoms with Crippen molar-refractivity contribution in [1.29, 1.82) is 0 Å². The zero-order valence-electron chi connectivity index (χ0n) is 31.4. The molecule has 7 aromatic carbocycles. The van der Waals surface area contributed by atoms with Gasteiger partial charge in [-0.2, -0.15) is 0 Å². The summed E-state index contributed by atoms with van der Waals surface area (Å²) in [5.41, 5.74) is 14.5. The second-order valence-corrected chi connectivity index (χ2v) is 15.8. The van der Waals surface area contributed by atoms with Gasteiger partial charge in [0.2, 0.25) is 0 Å². The van der Waals surface area contributed by atoms with Crippen LogP contribution in [0.1, 0.15) is 65.1 Å². The van der Waals surface area contributed by atoms with E-state index >= 15 is 0 Å². The van der Waals surface area contributed by atoms with Gasteiger partial charge in [-0.15, -0.1) is 0 Å². The van der Waals surface area contributed by atoms with Crippen LogP contribution in [0.4, 0.5) is 0 Å². The Hall–Kier alpha value is -6.71. The third-order valence-electron chi connectivity index (χ3n) is 12.6. The van der Waals surface area contributed by atoms with E-state index in [4.69, 9.17) is 15.0 Å². The highest BCUT2D eigenvalue weighted by molar-refractivity contribution is 5.99. The third kappa shape index (κ3) is 4.61. The predicted molar refractivity (Wildman–Crippen MR) is 228 cm³/mol. The van der Waals surface area contributed by atoms with Crippen LogP contribution < -0.4 is 0 Å². The van der Waals surface area contributed by atoms with Gasteiger partial charge in [-0.3, -0.25) is 0 Å². The van der Waals surface area contributed by atoms with Crippen LogP contribution in [0.3, 0.4) is 0 Å². The van der Waals surface area contributed by atoms with Gasteiger partial charge in [-0.05, 0) is 67.3 Å². The molecule has 3 aliphatic rings. The number of benzene rings is 7. The van der Waals surface area contributed by atoms with Gasteiger partial charge in [0, 0.05) is 28.0 Å². The van der Waals surface area contributed by atoms with Gasteiger partial charge in [0.25, 0.3) is 0 Å². The fourth-order valence-corrected chi connectivity index (χ4v) is 10.2. The Bertz CT molecular complexity index is 2810. The molecular weight excluding hydrogens is 679 g/mol. The average molecular weight is 718 g/mol. The molecule has 0 amide bonds. The van der Waals surface area contributed by atoms with Gasteiger partial charge < -0.3 is 0 Å². The molecule has 266 valence electrons. The molecule has 56 heavy (non-hydrogen) atoms. The van der Waals surface area contributed by atoms with Crippen molar-refractivity contribution in [3.8, 4) is 34.2 Å². The zero-order valence-corrected chi connectivity index (χ0v) is 31.4. The molecule has 8 aromatic rings. The Morgan fingerprint density at radius 1 is 0.482 bits per heavy atom. The summed E-state index contributed by atoms with van der Waals surface area (Å²) in [4.78, 5) is 15.8. The topological polar surface area (TPSA) is 38.7 Å². The Morgan fingerprint density at radius 3 is 1.64 bits per heavy atom. The SMILES string of the molecule is CC1(C)c2ccccc2C2(C3=C(C=CCC3c3ccc4ccccc4c3-c3nc(-c4ccccc4)nc(-c4ccccc4)n3)c3ccccc32)c2ccccc21. The van der Waals surface area contributed by atoms with E-state index in [2.05, 4.69) is 159 Å². The zero-order chi connectivity index (χ0) is 37.4. The van der Waals surface area contributed by atoms with E-state index in [1.54, 1.807) is 0 Å². The maximum absolute atomic E-state index is 5.37. The third-order valence-corrected chi connectivity index (χ3v) is 12.6. The highest BCUT2D eigenvalue weighted by atomic mass is 15.0. The summed E-state index contributed by atoms with van der Waals surface area (Å²) in [6, 6.07) is 61.5. The van der Waals surface area contributed by atoms with Crippen molar-refractivity contribution < 1.29 is 0 Å². The highest BCUT2D eigenvalue weighted by Gasteiger charge is 2.56. The second kappa shape index (κ2) is 12.4. The van der Waals surface area contributed by atoms with Gasteiger partial charge in [0.15, 0.2) is 17.5 Å². The van der Waals surface area contributed by atoms with Gasteiger partial charge in [0.1, 0.15) is 0 Å². The molecule has 11 rings (SSSR count). The van der Waals surface area contributed by atoms with Crippen LogP contribution in [0.25, 0.3) is 50.5 Å². The summed E-state index contributed by atoms with van der Waals surface area (Å²) in [5, 5.41) is 2.30. The van der Waals surface area contributed by atoms with Gasteiger partial charge in [-0.25, -0.2) is 15.0 Å². The molecule has 0 saturated carbocycles. The second-order valence-electron chi connectivity index (χ2n) is 15.8. The van der Waals surface area contributed by atoms with Crippen molar-refractivity contribution >= 4 is 16.3 Å². The smallest absolute Gasteiger partial charge is 0.165 e. The van der Waals surface area contributed by atoms with E-state index in [1.165, 1.54) is 50.1 Å². The first-order valence-electron chi connectivity index (χ1n) is 19.6. The first kappa shape index (κ1) is 32.7. The average Bonchev–Trinajstić information content (AvgIpc) is 3.57. The van der Waals surface area contributed by atoms with Crippen LogP contribution in [0.5, 0.6) is 0 Å². The van der Waals surface area contributed by atoms with Gasteiger partial charge in [0.05, 0.1) is 5.41 Å². The summed E-state index contributed by atoms with van der Waals surface area (Å²) in [7, 11) is 0. The molecule has 1 unspecified atom stereocenters. The maximum atomic E-state index is 5.37. The molecule has 0 bridgehead atoms. The van der Waals surface area contributed by atoms with Crippen molar-refractivity contribution in [3.05, 3.63) is 227 Å². The number of hydrogen-bond acceptors (Lipinski definition) is 3. The summed E-state index contributed by atoms with van der Waals surface area (Å²) in [6.45, 7) is 4.78. The molecule has 1 aromatic heterocycles. The van der Waals surface area contributed by atoms with E-state index in [1.807, 2.05) is 36.4 Å². The number of fused-ring (bicyclic) bond motifs is 9. The minimum absolute atomic E-state index is 0.0291. The van der Waals surface area contributed by atoms with Crippen LogP contribution in [-0.4, -0.2) is 15.0 Å². The number of allylic oxidation sites excluding steroid dienone is 4. The van der Waals surface area contributed by atoms with E-state index < -0.39 is 5.41 Å². The van der Waals surface area contributed by atoms with E-state index in [-0.39, 0.29) is 11.3 Å². The lowest BCUT2D eigenvalue weighted by Gasteiger charge is -2.49. The Labute approximate surface area is 327 Å². The van der Waals surface area contributed by atoms with Gasteiger partial charge >= 0.3 is 0 Å². The van der Waals surface area contributed by atoms with Crippen LogP contribution in [0.15, 0.2) is 188 Å². The van der Waals surface area contributed by atoms with Crippen molar-refractivity contribution in [2.24, 2.45) is 0 Å². The molecule has 0 N–H and O–H groups in total. The number of rotatable bonds is 4. The van der Waals surface area contributed by atoms with Crippen molar-refractivity contribution in [2.75, 3.05) is 0 Å². The first-order chi connectivity index (χ1) is 27.5. The fourth-order valence-electron chi connectivity index (χ4n) is 10.2. The Balaban J connectivity index is 1.23. The lowest BCUT2D eigenvalue weighted by Crippen LogP contribution is -2.42. The van der Waals surface area contributed by atoms with Crippen LogP contribution in [0.2, 0.25) is 0 Å². The maximum Gasteiger partial charge on any atom is 0.165 e. The Morgan fingerprint density at radius 2 is 1.00 bits per heavy atom. The quantitative estimate of drug-likeness (QED) is 0.182. The van der Waals surface area contributed by atoms with Crippen LogP contribution in [0, 0.1) is 0 Å². The van der Waals surface area contributed by atoms with Gasteiger partial charge in [-0.1, -0.05) is 196 Å². The fraction of sp³-hybridized carbons (Fsp3) is 0.113. The van der Waals surface area contributed by atoms with Crippen LogP contribution in [-0.2, 0) is 10.8 Å². The lowest BCUT2D eigenvalue weighted by atomic mass is 9.53. The molecule has 1 atom stereocenters. The minimum Gasteiger partial charge on any atom is -0.208 e. The first-order valence-corrected chi connectivity index (χ1v) is 19.6. The number of nitrogens with zero attached hydrogens (tertiary/aromatic N) is 3. The Kier molecular flexibility index (Phi) is 7.25. The summed E-state index contributed by atoms with van der Waals surface area (Å²) in [6.07, 6.45) is 5.64. The van der Waals surface area contributed by atoms with Crippen molar-refractivity contribution in [3.63, 3.8) is 0 Å². The molecule has 0 radical (unpaired) electrons. The number of aromatic nitrogens is 3. The normalized spacial score (nSPS) is 17.0. The molecule has 3 nitrogen and oxygen atoms in total. The standard InChI is InChI=1S/C53H39N3/c1-52(2)43-28-13-15-30-45(43)53(46-31-16-14-29-44(46)52)42-27-12-11-24-38(42)40-25-17-26-41(48(40)53)39-33-32-34-18-9-10-23-37(34)47(39)51-55-49(35-19-5-3-6-20-35)54-50(56-51)36-21-7-4-8-22-36/h3-25,27-33,41H,26H2,1-2H3. The minimum atomic E-state index is -0.490. The van der Waals surface area contributed by atoms with Crippen molar-refractivity contribution in [1.82, 2.24) is 15.0 Å². The van der Waals surface area contributed by atoms with E-state index in [9.17, 15) is 0 Å². The van der Waals surface area contributed by atoms with Crippen LogP contribution >= 0.6 is 0 Å². The molecule has 1 spiro atoms. The molecule has 3 aliphatic carbocycles. The largest absolute Gasteiger partial charge is 0.208 e. The molecule has 0 aliphatic heterocycles. The lowest BCUT2D eigenvalue weighted by molar-refractivity contribution is 0.539. The monoisotopic (exact) mass is 717 g/mol. The molecule has 0 fully saturated rings. The highest BCUT2D eigenvalue weighted by Crippen LogP contribution is 2.65. The predicted octanol–water partition coefficient (Wildman–Crippen LogP) is 12.5. The summed E-state index contributed by atoms with van der Waals surface area (Å²) in [5.74, 6) is 2.05. The molecular formula is C53H39N3.